The Labute approximate surface area is 134 Å². The van der Waals surface area contributed by atoms with Crippen LogP contribution in [0, 0.1) is 11.8 Å². The Hall–Kier alpha value is -2.37. The largest absolute Gasteiger partial charge is 0.481 e. The van der Waals surface area contributed by atoms with Crippen molar-refractivity contribution in [2.24, 2.45) is 11.8 Å². The lowest BCUT2D eigenvalue weighted by Gasteiger charge is -2.13. The molecule has 1 aliphatic carbocycles. The minimum Gasteiger partial charge on any atom is -0.481 e. The van der Waals surface area contributed by atoms with E-state index in [0.717, 1.165) is 16.9 Å². The number of carbonyl (C=O) groups excluding carboxylic acids is 1. The molecule has 3 rings (SSSR count). The molecule has 0 saturated heterocycles. The lowest BCUT2D eigenvalue weighted by molar-refractivity contribution is -0.140. The van der Waals surface area contributed by atoms with E-state index in [1.54, 1.807) is 0 Å². The number of aromatic nitrogens is 2. The number of carboxylic acid groups (broad SMARTS) is 1. The molecule has 1 heterocycles. The molecule has 1 amide bonds. The summed E-state index contributed by atoms with van der Waals surface area (Å²) in [6, 6.07) is 8.27. The number of fused-ring (bicyclic) bond motifs is 1. The van der Waals surface area contributed by atoms with Crippen molar-refractivity contribution in [1.29, 1.82) is 0 Å². The normalized spacial score (nSPS) is 20.0. The summed E-state index contributed by atoms with van der Waals surface area (Å²) >= 11 is 0. The number of hydrogen-bond donors (Lipinski definition) is 2. The first-order valence-corrected chi connectivity index (χ1v) is 7.95. The average molecular weight is 315 g/mol. The molecule has 1 aliphatic rings. The monoisotopic (exact) mass is 315 g/mol. The van der Waals surface area contributed by atoms with Gasteiger partial charge < -0.3 is 15.0 Å². The number of carbonyl (C=O) groups is 2. The molecule has 0 radical (unpaired) electrons. The minimum absolute atomic E-state index is 0.162. The fourth-order valence-corrected chi connectivity index (χ4v) is 3.03. The molecular weight excluding hydrogens is 294 g/mol. The third kappa shape index (κ3) is 3.06. The molecule has 6 heteroatoms. The third-order valence-electron chi connectivity index (χ3n) is 4.28. The molecule has 1 aromatic heterocycles. The van der Waals surface area contributed by atoms with Crippen molar-refractivity contribution < 1.29 is 14.7 Å². The lowest BCUT2D eigenvalue weighted by atomic mass is 10.2. The van der Waals surface area contributed by atoms with Crippen molar-refractivity contribution in [3.63, 3.8) is 0 Å². The van der Waals surface area contributed by atoms with E-state index in [2.05, 4.69) is 28.7 Å². The van der Waals surface area contributed by atoms with Gasteiger partial charge in [0.2, 0.25) is 5.91 Å². The summed E-state index contributed by atoms with van der Waals surface area (Å²) in [6.07, 6.45) is 1.08. The van der Waals surface area contributed by atoms with E-state index < -0.39 is 11.9 Å². The second kappa shape index (κ2) is 6.02. The SMILES string of the molecule is CC(C)n1c(CCNC(=O)C2CC2C(=O)O)nc2ccccc21. The maximum Gasteiger partial charge on any atom is 0.307 e. The number of hydrogen-bond acceptors (Lipinski definition) is 3. The van der Waals surface area contributed by atoms with Gasteiger partial charge in [-0.1, -0.05) is 12.1 Å². The highest BCUT2D eigenvalue weighted by Crippen LogP contribution is 2.38. The van der Waals surface area contributed by atoms with Crippen molar-refractivity contribution in [2.75, 3.05) is 6.54 Å². The van der Waals surface area contributed by atoms with Crippen LogP contribution in [0.4, 0.5) is 0 Å². The molecule has 1 fully saturated rings. The molecule has 0 spiro atoms. The number of amides is 1. The maximum atomic E-state index is 11.9. The predicted octanol–water partition coefficient (Wildman–Crippen LogP) is 2.00. The van der Waals surface area contributed by atoms with Crippen LogP contribution in [0.2, 0.25) is 0 Å². The smallest absolute Gasteiger partial charge is 0.307 e. The zero-order valence-corrected chi connectivity index (χ0v) is 13.3. The summed E-state index contributed by atoms with van der Waals surface area (Å²) in [5, 5.41) is 11.7. The molecule has 0 bridgehead atoms. The van der Waals surface area contributed by atoms with Gasteiger partial charge in [0.15, 0.2) is 0 Å². The van der Waals surface area contributed by atoms with Crippen molar-refractivity contribution in [3.05, 3.63) is 30.1 Å². The highest BCUT2D eigenvalue weighted by molar-refractivity contribution is 5.89. The van der Waals surface area contributed by atoms with E-state index in [1.807, 2.05) is 24.3 Å². The van der Waals surface area contributed by atoms with Crippen LogP contribution in [0.25, 0.3) is 11.0 Å². The van der Waals surface area contributed by atoms with Crippen LogP contribution in [0.5, 0.6) is 0 Å². The lowest BCUT2D eigenvalue weighted by Crippen LogP contribution is -2.29. The van der Waals surface area contributed by atoms with Crippen LogP contribution in [0.15, 0.2) is 24.3 Å². The van der Waals surface area contributed by atoms with Crippen molar-refractivity contribution in [2.45, 2.75) is 32.7 Å². The van der Waals surface area contributed by atoms with Crippen LogP contribution in [-0.4, -0.2) is 33.1 Å². The Morgan fingerprint density at radius 2 is 2.09 bits per heavy atom. The van der Waals surface area contributed by atoms with E-state index in [9.17, 15) is 9.59 Å². The predicted molar refractivity (Wildman–Crippen MR) is 86.1 cm³/mol. The first-order chi connectivity index (χ1) is 11.0. The molecule has 23 heavy (non-hydrogen) atoms. The molecule has 2 aromatic rings. The van der Waals surface area contributed by atoms with Gasteiger partial charge >= 0.3 is 5.97 Å². The molecule has 2 atom stereocenters. The Balaban J connectivity index is 1.65. The second-order valence-electron chi connectivity index (χ2n) is 6.31. The average Bonchev–Trinajstić information content (AvgIpc) is 3.22. The summed E-state index contributed by atoms with van der Waals surface area (Å²) in [6.45, 7) is 4.69. The zero-order valence-electron chi connectivity index (χ0n) is 13.3. The standard InChI is InChI=1S/C17H21N3O3/c1-10(2)20-14-6-4-3-5-13(14)19-15(20)7-8-18-16(21)11-9-12(11)17(22)23/h3-6,10-12H,7-9H2,1-2H3,(H,18,21)(H,22,23). The third-order valence-corrected chi connectivity index (χ3v) is 4.28. The summed E-state index contributed by atoms with van der Waals surface area (Å²) in [7, 11) is 0. The molecule has 1 aromatic carbocycles. The molecule has 2 N–H and O–H groups in total. The molecule has 122 valence electrons. The first kappa shape index (κ1) is 15.5. The maximum absolute atomic E-state index is 11.9. The molecule has 2 unspecified atom stereocenters. The number of para-hydroxylation sites is 2. The summed E-state index contributed by atoms with van der Waals surface area (Å²) in [4.78, 5) is 27.3. The van der Waals surface area contributed by atoms with E-state index in [1.165, 1.54) is 0 Å². The van der Waals surface area contributed by atoms with Crippen LogP contribution in [0.3, 0.4) is 0 Å². The minimum atomic E-state index is -0.883. The molecule has 6 nitrogen and oxygen atoms in total. The van der Waals surface area contributed by atoms with Crippen LogP contribution < -0.4 is 5.32 Å². The Bertz CT molecular complexity index is 751. The topological polar surface area (TPSA) is 84.2 Å². The number of aliphatic carboxylic acids is 1. The number of rotatable bonds is 6. The van der Waals surface area contributed by atoms with Gasteiger partial charge in [0, 0.05) is 19.0 Å². The van der Waals surface area contributed by atoms with Gasteiger partial charge in [0.25, 0.3) is 0 Å². The molecule has 0 aliphatic heterocycles. The fourth-order valence-electron chi connectivity index (χ4n) is 3.03. The van der Waals surface area contributed by atoms with Crippen LogP contribution >= 0.6 is 0 Å². The van der Waals surface area contributed by atoms with E-state index in [4.69, 9.17) is 5.11 Å². The van der Waals surface area contributed by atoms with Gasteiger partial charge in [-0.2, -0.15) is 0 Å². The van der Waals surface area contributed by atoms with Gasteiger partial charge in [-0.3, -0.25) is 9.59 Å². The Morgan fingerprint density at radius 3 is 2.74 bits per heavy atom. The molecular formula is C17H21N3O3. The molecule has 1 saturated carbocycles. The van der Waals surface area contributed by atoms with Crippen LogP contribution in [-0.2, 0) is 16.0 Å². The van der Waals surface area contributed by atoms with Gasteiger partial charge in [0.05, 0.1) is 22.9 Å². The van der Waals surface area contributed by atoms with Crippen molar-refractivity contribution in [3.8, 4) is 0 Å². The van der Waals surface area contributed by atoms with E-state index >= 15 is 0 Å². The van der Waals surface area contributed by atoms with E-state index in [0.29, 0.717) is 19.4 Å². The van der Waals surface area contributed by atoms with Crippen molar-refractivity contribution >= 4 is 22.9 Å². The number of nitrogens with one attached hydrogen (secondary N) is 1. The summed E-state index contributed by atoms with van der Waals surface area (Å²) in [5.74, 6) is -0.977. The van der Waals surface area contributed by atoms with Gasteiger partial charge in [-0.25, -0.2) is 4.98 Å². The quantitative estimate of drug-likeness (QED) is 0.854. The van der Waals surface area contributed by atoms with Gasteiger partial charge in [-0.15, -0.1) is 0 Å². The number of carboxylic acids is 1. The Morgan fingerprint density at radius 1 is 1.35 bits per heavy atom. The van der Waals surface area contributed by atoms with Gasteiger partial charge in [-0.05, 0) is 32.4 Å². The zero-order chi connectivity index (χ0) is 16.6. The first-order valence-electron chi connectivity index (χ1n) is 7.95. The number of nitrogens with zero attached hydrogens (tertiary/aromatic N) is 2. The highest BCUT2D eigenvalue weighted by atomic mass is 16.4. The summed E-state index contributed by atoms with van der Waals surface area (Å²) in [5.41, 5.74) is 2.05. The Kier molecular flexibility index (Phi) is 4.07. The van der Waals surface area contributed by atoms with Crippen LogP contribution in [0.1, 0.15) is 32.1 Å². The number of benzene rings is 1. The van der Waals surface area contributed by atoms with Crippen molar-refractivity contribution in [1.82, 2.24) is 14.9 Å². The van der Waals surface area contributed by atoms with E-state index in [-0.39, 0.29) is 17.9 Å². The number of imidazole rings is 1. The summed E-state index contributed by atoms with van der Waals surface area (Å²) < 4.78 is 2.18. The fraction of sp³-hybridized carbons (Fsp3) is 0.471. The highest BCUT2D eigenvalue weighted by Gasteiger charge is 2.48. The second-order valence-corrected chi connectivity index (χ2v) is 6.31. The van der Waals surface area contributed by atoms with Gasteiger partial charge in [0.1, 0.15) is 5.82 Å².